The van der Waals surface area contributed by atoms with Crippen LogP contribution in [0.2, 0.25) is 0 Å². The molecule has 2 saturated heterocycles. The zero-order valence-corrected chi connectivity index (χ0v) is 10.1. The van der Waals surface area contributed by atoms with E-state index in [1.807, 2.05) is 13.8 Å². The standard InChI is InChI=1S/C9H17NO4S/c1-8(2)13-6-9(7-14-8)4-10(5-9)15(3,11)12/h4-7H2,1-3H3. The van der Waals surface area contributed by atoms with Crippen molar-refractivity contribution in [2.75, 3.05) is 32.6 Å². The number of ether oxygens (including phenoxy) is 2. The van der Waals surface area contributed by atoms with Gasteiger partial charge < -0.3 is 9.47 Å². The molecule has 2 aliphatic rings. The fourth-order valence-electron chi connectivity index (χ4n) is 1.86. The third-order valence-electron chi connectivity index (χ3n) is 2.94. The highest BCUT2D eigenvalue weighted by Gasteiger charge is 2.51. The van der Waals surface area contributed by atoms with Crippen molar-refractivity contribution in [2.24, 2.45) is 5.41 Å². The van der Waals surface area contributed by atoms with E-state index in [0.29, 0.717) is 26.3 Å². The van der Waals surface area contributed by atoms with Gasteiger partial charge in [0.25, 0.3) is 0 Å². The first-order valence-electron chi connectivity index (χ1n) is 4.96. The molecule has 88 valence electrons. The minimum absolute atomic E-state index is 0.113. The first-order valence-corrected chi connectivity index (χ1v) is 6.80. The monoisotopic (exact) mass is 235 g/mol. The topological polar surface area (TPSA) is 55.8 Å². The molecule has 5 nitrogen and oxygen atoms in total. The van der Waals surface area contributed by atoms with Crippen molar-refractivity contribution in [2.45, 2.75) is 19.6 Å². The van der Waals surface area contributed by atoms with Gasteiger partial charge in [0.05, 0.1) is 19.5 Å². The average molecular weight is 235 g/mol. The molecular formula is C9H17NO4S. The lowest BCUT2D eigenvalue weighted by molar-refractivity contribution is -0.299. The third kappa shape index (κ3) is 2.18. The van der Waals surface area contributed by atoms with Gasteiger partial charge in [0.2, 0.25) is 10.0 Å². The first-order chi connectivity index (χ1) is 6.73. The summed E-state index contributed by atoms with van der Waals surface area (Å²) in [6.07, 6.45) is 1.23. The van der Waals surface area contributed by atoms with E-state index in [1.165, 1.54) is 10.6 Å². The molecule has 0 aromatic rings. The summed E-state index contributed by atoms with van der Waals surface area (Å²) in [7, 11) is -3.05. The summed E-state index contributed by atoms with van der Waals surface area (Å²) in [6.45, 7) is 5.92. The van der Waals surface area contributed by atoms with Crippen LogP contribution in [0.25, 0.3) is 0 Å². The Hall–Kier alpha value is -0.170. The normalized spacial score (nSPS) is 30.1. The van der Waals surface area contributed by atoms with Gasteiger partial charge in [-0.3, -0.25) is 0 Å². The van der Waals surface area contributed by atoms with Crippen molar-refractivity contribution in [1.29, 1.82) is 0 Å². The van der Waals surface area contributed by atoms with Crippen molar-refractivity contribution >= 4 is 10.0 Å². The quantitative estimate of drug-likeness (QED) is 0.643. The van der Waals surface area contributed by atoms with E-state index in [2.05, 4.69) is 0 Å². The van der Waals surface area contributed by atoms with Crippen LogP contribution in [-0.4, -0.2) is 51.1 Å². The van der Waals surface area contributed by atoms with Crippen molar-refractivity contribution < 1.29 is 17.9 Å². The van der Waals surface area contributed by atoms with Gasteiger partial charge in [-0.1, -0.05) is 0 Å². The van der Waals surface area contributed by atoms with Crippen molar-refractivity contribution in [3.63, 3.8) is 0 Å². The van der Waals surface area contributed by atoms with Crippen molar-refractivity contribution in [3.8, 4) is 0 Å². The van der Waals surface area contributed by atoms with E-state index < -0.39 is 15.8 Å². The fraction of sp³-hybridized carbons (Fsp3) is 1.00. The van der Waals surface area contributed by atoms with Crippen molar-refractivity contribution in [3.05, 3.63) is 0 Å². The molecule has 2 rings (SSSR count). The molecule has 0 saturated carbocycles. The Morgan fingerprint density at radius 3 is 2.00 bits per heavy atom. The molecule has 0 bridgehead atoms. The Balaban J connectivity index is 1.94. The van der Waals surface area contributed by atoms with E-state index in [0.717, 1.165) is 0 Å². The molecule has 1 spiro atoms. The Morgan fingerprint density at radius 2 is 1.60 bits per heavy atom. The van der Waals surface area contributed by atoms with Crippen LogP contribution in [0.1, 0.15) is 13.8 Å². The molecule has 0 radical (unpaired) electrons. The van der Waals surface area contributed by atoms with Gasteiger partial charge in [0, 0.05) is 18.5 Å². The summed E-state index contributed by atoms with van der Waals surface area (Å²) in [5, 5.41) is 0. The van der Waals surface area contributed by atoms with E-state index in [9.17, 15) is 8.42 Å². The van der Waals surface area contributed by atoms with Gasteiger partial charge in [0.1, 0.15) is 0 Å². The third-order valence-corrected chi connectivity index (χ3v) is 4.14. The second kappa shape index (κ2) is 3.16. The lowest BCUT2D eigenvalue weighted by Crippen LogP contribution is -2.65. The van der Waals surface area contributed by atoms with Crippen LogP contribution in [-0.2, 0) is 19.5 Å². The van der Waals surface area contributed by atoms with Crippen LogP contribution in [0.3, 0.4) is 0 Å². The predicted octanol–water partition coefficient (Wildman–Crippen LogP) is 0.0309. The van der Waals surface area contributed by atoms with E-state index in [-0.39, 0.29) is 5.41 Å². The minimum Gasteiger partial charge on any atom is -0.350 e. The second-order valence-corrected chi connectivity index (χ2v) is 6.99. The molecule has 6 heteroatoms. The Morgan fingerprint density at radius 1 is 1.13 bits per heavy atom. The lowest BCUT2D eigenvalue weighted by Gasteiger charge is -2.52. The van der Waals surface area contributed by atoms with Crippen LogP contribution in [0.5, 0.6) is 0 Å². The molecule has 0 aromatic heterocycles. The van der Waals surface area contributed by atoms with Crippen LogP contribution in [0.4, 0.5) is 0 Å². The minimum atomic E-state index is -3.05. The molecule has 0 N–H and O–H groups in total. The summed E-state index contributed by atoms with van der Waals surface area (Å²) in [6, 6.07) is 0. The number of nitrogens with zero attached hydrogens (tertiary/aromatic N) is 1. The van der Waals surface area contributed by atoms with Gasteiger partial charge >= 0.3 is 0 Å². The van der Waals surface area contributed by atoms with Crippen LogP contribution in [0.15, 0.2) is 0 Å². The Bertz CT molecular complexity index is 344. The summed E-state index contributed by atoms with van der Waals surface area (Å²) in [5.74, 6) is -0.531. The molecule has 2 heterocycles. The summed E-state index contributed by atoms with van der Waals surface area (Å²) >= 11 is 0. The maximum absolute atomic E-state index is 11.2. The maximum atomic E-state index is 11.2. The summed E-state index contributed by atoms with van der Waals surface area (Å²) in [4.78, 5) is 0. The highest BCUT2D eigenvalue weighted by Crippen LogP contribution is 2.38. The zero-order chi connectivity index (χ0) is 11.3. The van der Waals surface area contributed by atoms with Crippen molar-refractivity contribution in [1.82, 2.24) is 4.31 Å². The molecule has 0 aromatic carbocycles. The molecule has 0 atom stereocenters. The first kappa shape index (κ1) is 11.3. The second-order valence-electron chi connectivity index (χ2n) is 5.01. The number of hydrogen-bond donors (Lipinski definition) is 0. The molecule has 0 amide bonds. The average Bonchev–Trinajstić information content (AvgIpc) is 1.98. The van der Waals surface area contributed by atoms with Gasteiger partial charge in [-0.15, -0.1) is 0 Å². The predicted molar refractivity (Wildman–Crippen MR) is 54.8 cm³/mol. The van der Waals surface area contributed by atoms with E-state index >= 15 is 0 Å². The van der Waals surface area contributed by atoms with Gasteiger partial charge in [-0.25, -0.2) is 12.7 Å². The Kier molecular flexibility index (Phi) is 2.39. The van der Waals surface area contributed by atoms with E-state index in [1.54, 1.807) is 0 Å². The molecule has 0 unspecified atom stereocenters. The van der Waals surface area contributed by atoms with Gasteiger partial charge in [-0.2, -0.15) is 0 Å². The lowest BCUT2D eigenvalue weighted by atomic mass is 9.82. The summed E-state index contributed by atoms with van der Waals surface area (Å²) in [5.41, 5.74) is -0.113. The summed E-state index contributed by atoms with van der Waals surface area (Å²) < 4.78 is 35.0. The van der Waals surface area contributed by atoms with Crippen LogP contribution in [0, 0.1) is 5.41 Å². The van der Waals surface area contributed by atoms with Gasteiger partial charge in [0.15, 0.2) is 5.79 Å². The fourth-order valence-corrected chi connectivity index (χ4v) is 2.87. The van der Waals surface area contributed by atoms with E-state index in [4.69, 9.17) is 9.47 Å². The highest BCUT2D eigenvalue weighted by atomic mass is 32.2. The van der Waals surface area contributed by atoms with Gasteiger partial charge in [-0.05, 0) is 13.8 Å². The highest BCUT2D eigenvalue weighted by molar-refractivity contribution is 7.88. The molecule has 2 aliphatic heterocycles. The number of hydrogen-bond acceptors (Lipinski definition) is 4. The zero-order valence-electron chi connectivity index (χ0n) is 9.32. The largest absolute Gasteiger partial charge is 0.350 e. The maximum Gasteiger partial charge on any atom is 0.211 e. The molecule has 0 aliphatic carbocycles. The smallest absolute Gasteiger partial charge is 0.211 e. The molecule has 15 heavy (non-hydrogen) atoms. The molecular weight excluding hydrogens is 218 g/mol. The Labute approximate surface area is 90.4 Å². The molecule has 2 fully saturated rings. The number of rotatable bonds is 1. The number of sulfonamides is 1. The van der Waals surface area contributed by atoms with Crippen LogP contribution >= 0.6 is 0 Å². The van der Waals surface area contributed by atoms with Crippen LogP contribution < -0.4 is 0 Å². The SMILES string of the molecule is CC1(C)OCC2(CO1)CN(S(C)(=O)=O)C2.